The molecule has 0 aliphatic heterocycles. The first-order valence-corrected chi connectivity index (χ1v) is 18.9. The van der Waals surface area contributed by atoms with E-state index < -0.39 is 0 Å². The minimum absolute atomic E-state index is 0.114. The molecule has 0 amide bonds. The molecule has 0 fully saturated rings. The minimum Gasteiger partial charge on any atom is -0.469 e. The van der Waals surface area contributed by atoms with Crippen molar-refractivity contribution in [1.82, 2.24) is 0 Å². The molecule has 0 radical (unpaired) electrons. The van der Waals surface area contributed by atoms with Crippen molar-refractivity contribution >= 4 is 23.5 Å². The van der Waals surface area contributed by atoms with Crippen molar-refractivity contribution in [1.29, 1.82) is 0 Å². The second-order valence-corrected chi connectivity index (χ2v) is 14.2. The lowest BCUT2D eigenvalue weighted by Gasteiger charge is -1.97. The molecule has 0 aromatic rings. The standard InChI is InChI=1S/C11H20O2.C11H18O2.C11H20O.C11H18O/c2*1-10(2)8-6-4-5-7-9-11(12)13-3;2*1-10(2)8-6-4-5-7-9-11(3)12/h4,6,10H,5,7-9H2,1-3H3;10H,5,7-9H2,1-3H3;4,6,10H,5,7-9H2,1-3H3;10H,5,7-9H2,1-3H3/b6-4-;;6-4-;. The maximum absolute atomic E-state index is 10.7. The van der Waals surface area contributed by atoms with E-state index in [-0.39, 0.29) is 17.7 Å². The van der Waals surface area contributed by atoms with Crippen LogP contribution >= 0.6 is 0 Å². The summed E-state index contributed by atoms with van der Waals surface area (Å²) in [7, 11) is 2.84. The lowest BCUT2D eigenvalue weighted by molar-refractivity contribution is -0.141. The predicted octanol–water partition coefficient (Wildman–Crippen LogP) is 11.5. The van der Waals surface area contributed by atoms with Crippen LogP contribution in [0.5, 0.6) is 0 Å². The summed E-state index contributed by atoms with van der Waals surface area (Å²) in [5, 5.41) is 0. The van der Waals surface area contributed by atoms with E-state index in [1.165, 1.54) is 14.2 Å². The summed E-state index contributed by atoms with van der Waals surface area (Å²) in [6.07, 6.45) is 22.6. The summed E-state index contributed by atoms with van der Waals surface area (Å²) in [6, 6.07) is 0. The number of Topliss-reactive ketones (excluding diaryl/α,β-unsaturated/α-hetero) is 2. The highest BCUT2D eigenvalue weighted by molar-refractivity contribution is 5.75. The van der Waals surface area contributed by atoms with Crippen molar-refractivity contribution in [2.24, 2.45) is 23.7 Å². The number of unbranched alkanes of at least 4 members (excludes halogenated alkanes) is 4. The third kappa shape index (κ3) is 63.5. The summed E-state index contributed by atoms with van der Waals surface area (Å²) in [5.74, 6) is 15.3. The van der Waals surface area contributed by atoms with Crippen molar-refractivity contribution in [3.05, 3.63) is 24.3 Å². The zero-order valence-electron chi connectivity index (χ0n) is 34.4. The highest BCUT2D eigenvalue weighted by Crippen LogP contribution is 2.04. The molecule has 0 aromatic carbocycles. The van der Waals surface area contributed by atoms with Gasteiger partial charge in [0, 0.05) is 51.4 Å². The van der Waals surface area contributed by atoms with Crippen LogP contribution in [0.15, 0.2) is 24.3 Å². The Labute approximate surface area is 309 Å². The molecule has 0 atom stereocenters. The van der Waals surface area contributed by atoms with Crippen LogP contribution in [0.4, 0.5) is 0 Å². The third-order valence-corrected chi connectivity index (χ3v) is 6.44. The van der Waals surface area contributed by atoms with E-state index in [2.05, 4.69) is 113 Å². The Morgan fingerprint density at radius 1 is 0.480 bits per heavy atom. The van der Waals surface area contributed by atoms with Gasteiger partial charge >= 0.3 is 11.9 Å². The van der Waals surface area contributed by atoms with E-state index in [9.17, 15) is 19.2 Å². The van der Waals surface area contributed by atoms with E-state index >= 15 is 0 Å². The molecular weight excluding hydrogens is 624 g/mol. The van der Waals surface area contributed by atoms with Gasteiger partial charge in [-0.25, -0.2) is 0 Å². The first-order chi connectivity index (χ1) is 23.6. The normalized spacial score (nSPS) is 10.2. The number of ether oxygens (including phenoxy) is 2. The third-order valence-electron chi connectivity index (χ3n) is 6.44. The van der Waals surface area contributed by atoms with Gasteiger partial charge in [-0.15, -0.1) is 23.7 Å². The Bertz CT molecular complexity index is 1010. The fourth-order valence-electron chi connectivity index (χ4n) is 3.49. The molecule has 6 heteroatoms. The van der Waals surface area contributed by atoms with Crippen LogP contribution in [-0.2, 0) is 28.7 Å². The Kier molecular flexibility index (Phi) is 45.1. The molecule has 6 nitrogen and oxygen atoms in total. The number of ketones is 2. The molecule has 0 rings (SSSR count). The maximum atomic E-state index is 10.7. The number of carbonyl (C=O) groups is 4. The van der Waals surface area contributed by atoms with E-state index in [0.29, 0.717) is 36.9 Å². The number of esters is 2. The number of methoxy groups -OCH3 is 2. The Balaban J connectivity index is -0.000000282. The van der Waals surface area contributed by atoms with Crippen LogP contribution in [0.3, 0.4) is 0 Å². The van der Waals surface area contributed by atoms with E-state index in [0.717, 1.165) is 95.3 Å². The summed E-state index contributed by atoms with van der Waals surface area (Å²) in [5.41, 5.74) is 0. The SMILES string of the molecule is CC(=O)CCC/C=C\CC(C)C.CC(=O)CCCC#CCC(C)C.COC(=O)CCC/C=C\CC(C)C.COC(=O)CCCC#CCC(C)C. The largest absolute Gasteiger partial charge is 0.469 e. The van der Waals surface area contributed by atoms with Gasteiger partial charge in [-0.3, -0.25) is 9.59 Å². The van der Waals surface area contributed by atoms with Crippen molar-refractivity contribution < 1.29 is 28.7 Å². The van der Waals surface area contributed by atoms with Crippen LogP contribution in [0.1, 0.15) is 172 Å². The fraction of sp³-hybridized carbons (Fsp3) is 0.727. The monoisotopic (exact) mass is 701 g/mol. The summed E-state index contributed by atoms with van der Waals surface area (Å²) in [4.78, 5) is 42.5. The average Bonchev–Trinajstić information content (AvgIpc) is 3.03. The molecule has 0 saturated carbocycles. The topological polar surface area (TPSA) is 86.7 Å². The number of carbonyl (C=O) groups excluding carboxylic acids is 4. The van der Waals surface area contributed by atoms with Gasteiger partial charge in [0.25, 0.3) is 0 Å². The van der Waals surface area contributed by atoms with Gasteiger partial charge in [-0.1, -0.05) is 79.7 Å². The van der Waals surface area contributed by atoms with Gasteiger partial charge in [0.1, 0.15) is 11.6 Å². The maximum Gasteiger partial charge on any atom is 0.305 e. The Hall–Kier alpha value is -3.12. The predicted molar refractivity (Wildman–Crippen MR) is 212 cm³/mol. The van der Waals surface area contributed by atoms with Crippen LogP contribution < -0.4 is 0 Å². The lowest BCUT2D eigenvalue weighted by atomic mass is 10.1. The molecule has 288 valence electrons. The molecule has 50 heavy (non-hydrogen) atoms. The molecule has 0 aliphatic carbocycles. The zero-order valence-corrected chi connectivity index (χ0v) is 34.4. The van der Waals surface area contributed by atoms with Gasteiger partial charge in [0.15, 0.2) is 0 Å². The Morgan fingerprint density at radius 2 is 0.820 bits per heavy atom. The quantitative estimate of drug-likeness (QED) is 0.0544. The molecular formula is C44H76O6. The molecule has 0 spiro atoms. The van der Waals surface area contributed by atoms with Gasteiger partial charge in [-0.05, 0) is 88.9 Å². The smallest absolute Gasteiger partial charge is 0.305 e. The number of allylic oxidation sites excluding steroid dienone is 4. The van der Waals surface area contributed by atoms with Gasteiger partial charge in [0.05, 0.1) is 14.2 Å². The van der Waals surface area contributed by atoms with Crippen molar-refractivity contribution in [3.63, 3.8) is 0 Å². The average molecular weight is 701 g/mol. The molecule has 0 N–H and O–H groups in total. The van der Waals surface area contributed by atoms with Crippen molar-refractivity contribution in [2.45, 2.75) is 172 Å². The van der Waals surface area contributed by atoms with Crippen LogP contribution in [0, 0.1) is 47.4 Å². The summed E-state index contributed by atoms with van der Waals surface area (Å²) in [6.45, 7) is 20.7. The molecule has 0 heterocycles. The molecule has 0 bridgehead atoms. The van der Waals surface area contributed by atoms with Crippen LogP contribution in [-0.4, -0.2) is 37.7 Å². The van der Waals surface area contributed by atoms with Crippen molar-refractivity contribution in [2.75, 3.05) is 14.2 Å². The lowest BCUT2D eigenvalue weighted by Crippen LogP contribution is -1.98. The van der Waals surface area contributed by atoms with Gasteiger partial charge in [-0.2, -0.15) is 0 Å². The van der Waals surface area contributed by atoms with Gasteiger partial charge in [0.2, 0.25) is 0 Å². The van der Waals surface area contributed by atoms with Crippen molar-refractivity contribution in [3.8, 4) is 23.7 Å². The first kappa shape index (κ1) is 53.7. The van der Waals surface area contributed by atoms with Gasteiger partial charge < -0.3 is 19.1 Å². The number of hydrogen-bond acceptors (Lipinski definition) is 6. The van der Waals surface area contributed by atoms with Crippen LogP contribution in [0.2, 0.25) is 0 Å². The first-order valence-electron chi connectivity index (χ1n) is 18.9. The second-order valence-electron chi connectivity index (χ2n) is 14.2. The second kappa shape index (κ2) is 42.0. The van der Waals surface area contributed by atoms with E-state index in [1.807, 2.05) is 0 Å². The zero-order chi connectivity index (χ0) is 39.0. The Morgan fingerprint density at radius 3 is 1.16 bits per heavy atom. The molecule has 0 aromatic heterocycles. The minimum atomic E-state index is -0.148. The number of hydrogen-bond donors (Lipinski definition) is 0. The number of rotatable bonds is 20. The highest BCUT2D eigenvalue weighted by atomic mass is 16.5. The molecule has 0 aliphatic rings. The highest BCUT2D eigenvalue weighted by Gasteiger charge is 1.98. The van der Waals surface area contributed by atoms with Crippen LogP contribution in [0.25, 0.3) is 0 Å². The summed E-state index contributed by atoms with van der Waals surface area (Å²) < 4.78 is 9.04. The molecule has 0 saturated heterocycles. The van der Waals surface area contributed by atoms with E-state index in [4.69, 9.17) is 0 Å². The summed E-state index contributed by atoms with van der Waals surface area (Å²) >= 11 is 0. The van der Waals surface area contributed by atoms with E-state index in [1.54, 1.807) is 13.8 Å². The fourth-order valence-corrected chi connectivity index (χ4v) is 3.49. The molecule has 0 unspecified atom stereocenters.